The van der Waals surface area contributed by atoms with Gasteiger partial charge < -0.3 is 15.0 Å². The van der Waals surface area contributed by atoms with E-state index in [1.54, 1.807) is 29.7 Å². The zero-order chi connectivity index (χ0) is 21.3. The Hall–Kier alpha value is -2.69. The molecule has 1 aliphatic rings. The normalized spacial score (nSPS) is 18.9. The van der Waals surface area contributed by atoms with Crippen LogP contribution < -0.4 is 19.7 Å². The highest BCUT2D eigenvalue weighted by Gasteiger charge is 2.41. The monoisotopic (exact) mass is 460 g/mol. The average molecular weight is 461 g/mol. The van der Waals surface area contributed by atoms with Gasteiger partial charge in [-0.2, -0.15) is 0 Å². The van der Waals surface area contributed by atoms with Gasteiger partial charge in [-0.05, 0) is 54.0 Å². The van der Waals surface area contributed by atoms with Crippen LogP contribution in [0.4, 0.5) is 11.4 Å². The van der Waals surface area contributed by atoms with Crippen LogP contribution >= 0.6 is 23.6 Å². The number of benzene rings is 1. The van der Waals surface area contributed by atoms with Crippen LogP contribution in [-0.2, 0) is 10.0 Å². The molecule has 3 aromatic rings. The van der Waals surface area contributed by atoms with Crippen molar-refractivity contribution in [2.24, 2.45) is 0 Å². The third-order valence-electron chi connectivity index (χ3n) is 4.69. The molecule has 0 radical (unpaired) electrons. The van der Waals surface area contributed by atoms with E-state index in [9.17, 15) is 8.42 Å². The zero-order valence-corrected chi connectivity index (χ0v) is 18.7. The Kier molecular flexibility index (Phi) is 5.63. The number of nitrogens with zero attached hydrogens (tertiary/aromatic N) is 2. The van der Waals surface area contributed by atoms with Crippen molar-refractivity contribution in [3.8, 4) is 5.75 Å². The molecule has 7 nitrogen and oxygen atoms in total. The summed E-state index contributed by atoms with van der Waals surface area (Å²) in [6.07, 6.45) is 2.86. The molecule has 0 amide bonds. The Balaban J connectivity index is 1.80. The summed E-state index contributed by atoms with van der Waals surface area (Å²) in [7, 11) is -1.98. The number of hydrogen-bond acceptors (Lipinski definition) is 6. The molecule has 0 aliphatic carbocycles. The quantitative estimate of drug-likeness (QED) is 0.543. The van der Waals surface area contributed by atoms with Crippen molar-refractivity contribution in [3.05, 3.63) is 70.7 Å². The molecule has 156 valence electrons. The van der Waals surface area contributed by atoms with Crippen LogP contribution in [0.3, 0.4) is 0 Å². The lowest BCUT2D eigenvalue weighted by Gasteiger charge is -2.27. The molecule has 1 fully saturated rings. The number of aromatic nitrogens is 1. The van der Waals surface area contributed by atoms with E-state index in [1.807, 2.05) is 40.6 Å². The molecule has 2 atom stereocenters. The summed E-state index contributed by atoms with van der Waals surface area (Å²) in [4.78, 5) is 7.63. The molecule has 1 saturated heterocycles. The zero-order valence-electron chi connectivity index (χ0n) is 16.3. The Bertz CT molecular complexity index is 1150. The van der Waals surface area contributed by atoms with Crippen LogP contribution in [0.5, 0.6) is 5.75 Å². The third-order valence-corrected chi connectivity index (χ3v) is 6.54. The van der Waals surface area contributed by atoms with Gasteiger partial charge in [0.1, 0.15) is 5.75 Å². The standard InChI is InChI=1S/C20H20N4O3S3/c1-27-16-9-8-13(12-15(16)23-30(2,25)26)24-19(17-7-5-11-29-17)18(22-20(24)28)14-6-3-4-10-21-14/h3-12,18-19,23H,1-2H3,(H,22,28)/t18-,19+/m0/s1. The lowest BCUT2D eigenvalue weighted by Crippen LogP contribution is -2.29. The van der Waals surface area contributed by atoms with Crippen molar-refractivity contribution in [2.45, 2.75) is 12.1 Å². The first kappa shape index (κ1) is 20.6. The molecule has 1 aromatic carbocycles. The van der Waals surface area contributed by atoms with Gasteiger partial charge in [0.2, 0.25) is 10.0 Å². The Morgan fingerprint density at radius 2 is 2.07 bits per heavy atom. The number of hydrogen-bond donors (Lipinski definition) is 2. The number of thiophene rings is 1. The first-order valence-electron chi connectivity index (χ1n) is 9.07. The molecular formula is C20H20N4O3S3. The van der Waals surface area contributed by atoms with E-state index in [4.69, 9.17) is 17.0 Å². The molecule has 3 heterocycles. The molecule has 0 bridgehead atoms. The van der Waals surface area contributed by atoms with E-state index in [-0.39, 0.29) is 12.1 Å². The minimum Gasteiger partial charge on any atom is -0.495 e. The fourth-order valence-electron chi connectivity index (χ4n) is 3.51. The largest absolute Gasteiger partial charge is 0.495 e. The maximum absolute atomic E-state index is 11.8. The van der Waals surface area contributed by atoms with Crippen LogP contribution in [0, 0.1) is 0 Å². The third kappa shape index (κ3) is 4.11. The van der Waals surface area contributed by atoms with Crippen molar-refractivity contribution < 1.29 is 13.2 Å². The first-order valence-corrected chi connectivity index (χ1v) is 12.2. The van der Waals surface area contributed by atoms with Gasteiger partial charge in [0.25, 0.3) is 0 Å². The molecule has 2 aromatic heterocycles. The molecule has 1 aliphatic heterocycles. The molecule has 2 N–H and O–H groups in total. The summed E-state index contributed by atoms with van der Waals surface area (Å²) in [6.45, 7) is 0. The average Bonchev–Trinajstić information content (AvgIpc) is 3.35. The molecule has 0 spiro atoms. The van der Waals surface area contributed by atoms with Gasteiger partial charge >= 0.3 is 0 Å². The summed E-state index contributed by atoms with van der Waals surface area (Å²) in [5.41, 5.74) is 1.98. The van der Waals surface area contributed by atoms with Crippen molar-refractivity contribution >= 4 is 50.1 Å². The minimum absolute atomic E-state index is 0.133. The summed E-state index contributed by atoms with van der Waals surface area (Å²) in [5.74, 6) is 0.427. The van der Waals surface area contributed by atoms with E-state index in [2.05, 4.69) is 21.1 Å². The van der Waals surface area contributed by atoms with Crippen LogP contribution in [-0.4, -0.2) is 31.9 Å². The summed E-state index contributed by atoms with van der Waals surface area (Å²) >= 11 is 7.32. The SMILES string of the molecule is COc1ccc(N2C(=S)N[C@@H](c3ccccn3)[C@H]2c2cccs2)cc1NS(C)(=O)=O. The van der Waals surface area contributed by atoms with E-state index in [1.165, 1.54) is 7.11 Å². The predicted octanol–water partition coefficient (Wildman–Crippen LogP) is 3.70. The van der Waals surface area contributed by atoms with E-state index < -0.39 is 10.0 Å². The van der Waals surface area contributed by atoms with Crippen LogP contribution in [0.15, 0.2) is 60.1 Å². The van der Waals surface area contributed by atoms with Crippen LogP contribution in [0.1, 0.15) is 22.7 Å². The molecule has 4 rings (SSSR count). The van der Waals surface area contributed by atoms with Crippen molar-refractivity contribution in [3.63, 3.8) is 0 Å². The van der Waals surface area contributed by atoms with Crippen LogP contribution in [0.2, 0.25) is 0 Å². The van der Waals surface area contributed by atoms with E-state index >= 15 is 0 Å². The van der Waals surface area contributed by atoms with Gasteiger partial charge in [0, 0.05) is 16.8 Å². The number of pyridine rings is 1. The molecule has 0 unspecified atom stereocenters. The maximum atomic E-state index is 11.8. The number of nitrogens with one attached hydrogen (secondary N) is 2. The Labute approximate surface area is 184 Å². The molecule has 0 saturated carbocycles. The Morgan fingerprint density at radius 3 is 2.70 bits per heavy atom. The van der Waals surface area contributed by atoms with Gasteiger partial charge in [-0.3, -0.25) is 9.71 Å². The second-order valence-electron chi connectivity index (χ2n) is 6.77. The van der Waals surface area contributed by atoms with Crippen molar-refractivity contribution in [1.29, 1.82) is 0 Å². The first-order chi connectivity index (χ1) is 14.4. The van der Waals surface area contributed by atoms with Gasteiger partial charge in [-0.1, -0.05) is 12.1 Å². The number of rotatable bonds is 6. The maximum Gasteiger partial charge on any atom is 0.229 e. The second kappa shape index (κ2) is 8.21. The topological polar surface area (TPSA) is 83.6 Å². The molecular weight excluding hydrogens is 440 g/mol. The Morgan fingerprint density at radius 1 is 1.23 bits per heavy atom. The fourth-order valence-corrected chi connectivity index (χ4v) is 5.26. The number of methoxy groups -OCH3 is 1. The second-order valence-corrected chi connectivity index (χ2v) is 9.89. The highest BCUT2D eigenvalue weighted by atomic mass is 32.2. The number of anilines is 2. The van der Waals surface area contributed by atoms with Gasteiger partial charge in [0.05, 0.1) is 36.8 Å². The minimum atomic E-state index is -3.48. The number of thiocarbonyl (C=S) groups is 1. The molecule has 30 heavy (non-hydrogen) atoms. The van der Waals surface area contributed by atoms with Crippen molar-refractivity contribution in [1.82, 2.24) is 10.3 Å². The van der Waals surface area contributed by atoms with E-state index in [0.29, 0.717) is 16.5 Å². The summed E-state index contributed by atoms with van der Waals surface area (Å²) < 4.78 is 31.5. The fraction of sp³-hybridized carbons (Fsp3) is 0.200. The van der Waals surface area contributed by atoms with E-state index in [0.717, 1.165) is 22.5 Å². The molecule has 10 heteroatoms. The smallest absolute Gasteiger partial charge is 0.229 e. The lowest BCUT2D eigenvalue weighted by atomic mass is 10.0. The van der Waals surface area contributed by atoms with Crippen LogP contribution in [0.25, 0.3) is 0 Å². The highest BCUT2D eigenvalue weighted by Crippen LogP contribution is 2.44. The summed E-state index contributed by atoms with van der Waals surface area (Å²) in [5, 5.41) is 5.95. The predicted molar refractivity (Wildman–Crippen MR) is 124 cm³/mol. The lowest BCUT2D eigenvalue weighted by molar-refractivity contribution is 0.417. The number of sulfonamides is 1. The number of ether oxygens (including phenoxy) is 1. The van der Waals surface area contributed by atoms with Gasteiger partial charge in [0.15, 0.2) is 5.11 Å². The van der Waals surface area contributed by atoms with Gasteiger partial charge in [-0.25, -0.2) is 8.42 Å². The highest BCUT2D eigenvalue weighted by molar-refractivity contribution is 7.92. The van der Waals surface area contributed by atoms with Gasteiger partial charge in [-0.15, -0.1) is 11.3 Å². The summed E-state index contributed by atoms with van der Waals surface area (Å²) in [6, 6.07) is 14.9. The van der Waals surface area contributed by atoms with Crippen molar-refractivity contribution in [2.75, 3.05) is 23.0 Å².